The minimum absolute atomic E-state index is 0. The van der Waals surface area contributed by atoms with E-state index >= 15 is 0 Å². The molecule has 0 aromatic carbocycles. The van der Waals surface area contributed by atoms with Crippen LogP contribution in [-0.2, 0) is 19.5 Å². The van der Waals surface area contributed by atoms with Crippen molar-refractivity contribution in [1.29, 1.82) is 0 Å². The van der Waals surface area contributed by atoms with Gasteiger partial charge in [0.2, 0.25) is 0 Å². The number of likely N-dealkylation sites (N-methyl/N-ethyl adjacent to an activating group) is 2. The molecule has 0 aromatic heterocycles. The molecule has 2 nitrogen and oxygen atoms in total. The molecule has 0 bridgehead atoms. The fraction of sp³-hybridized carbons (Fsp3) is 1.00. The minimum Gasteiger partial charge on any atom is -0.308 e. The van der Waals surface area contributed by atoms with Crippen molar-refractivity contribution < 1.29 is 19.5 Å². The van der Waals surface area contributed by atoms with Crippen molar-refractivity contribution in [3.05, 3.63) is 0 Å². The Kier molecular flexibility index (Phi) is 9.06. The largest absolute Gasteiger partial charge is 0.308 e. The van der Waals surface area contributed by atoms with Crippen LogP contribution in [0.1, 0.15) is 0 Å². The van der Waals surface area contributed by atoms with E-state index < -0.39 is 0 Å². The van der Waals surface area contributed by atoms with Gasteiger partial charge < -0.3 is 9.80 Å². The van der Waals surface area contributed by atoms with Crippen LogP contribution in [0.3, 0.4) is 0 Å². The first kappa shape index (κ1) is 12.2. The maximum Gasteiger partial charge on any atom is 0.0103 e. The predicted molar refractivity (Wildman–Crippen MR) is 37.1 cm³/mol. The van der Waals surface area contributed by atoms with Crippen molar-refractivity contribution in [1.82, 2.24) is 9.80 Å². The fourth-order valence-electron chi connectivity index (χ4n) is 0.400. The van der Waals surface area contributed by atoms with Crippen molar-refractivity contribution in [2.24, 2.45) is 0 Å². The van der Waals surface area contributed by atoms with Gasteiger partial charge in [-0.1, -0.05) is 0 Å². The summed E-state index contributed by atoms with van der Waals surface area (Å²) in [5, 5.41) is 0. The Hall–Kier alpha value is 0.543. The van der Waals surface area contributed by atoms with Gasteiger partial charge in [-0.2, -0.15) is 0 Å². The van der Waals surface area contributed by atoms with E-state index in [1.165, 1.54) is 0 Å². The third kappa shape index (κ3) is 11.9. The van der Waals surface area contributed by atoms with Crippen LogP contribution in [0.25, 0.3) is 0 Å². The molecule has 0 atom stereocenters. The van der Waals surface area contributed by atoms with Crippen molar-refractivity contribution in [3.63, 3.8) is 0 Å². The molecule has 9 heavy (non-hydrogen) atoms. The Balaban J connectivity index is 0. The fourth-order valence-corrected chi connectivity index (χ4v) is 0.400. The molecule has 0 heterocycles. The second kappa shape index (κ2) is 6.66. The molecule has 0 saturated carbocycles. The molecule has 0 aliphatic carbocycles. The number of hydrogen-bond acceptors (Lipinski definition) is 2. The number of hydrogen-bond donors (Lipinski definition) is 0. The smallest absolute Gasteiger partial charge is 0.0103 e. The topological polar surface area (TPSA) is 6.48 Å². The first-order valence-corrected chi connectivity index (χ1v) is 2.92. The molecule has 0 saturated heterocycles. The van der Waals surface area contributed by atoms with Crippen molar-refractivity contribution >= 4 is 0 Å². The monoisotopic (exact) mass is 218 g/mol. The second-order valence-electron chi connectivity index (χ2n) is 2.61. The molecular formula is C6H16N2Ru. The van der Waals surface area contributed by atoms with E-state index in [-0.39, 0.29) is 19.5 Å². The van der Waals surface area contributed by atoms with Gasteiger partial charge >= 0.3 is 0 Å². The first-order valence-electron chi connectivity index (χ1n) is 2.92. The maximum atomic E-state index is 2.18. The standard InChI is InChI=1S/C6H16N2.Ru/c1-7(2)5-6-8(3)4;/h5-6H2,1-4H3;. The number of rotatable bonds is 3. The zero-order chi connectivity index (χ0) is 6.57. The molecule has 0 radical (unpaired) electrons. The van der Waals surface area contributed by atoms with E-state index in [1.54, 1.807) is 0 Å². The van der Waals surface area contributed by atoms with Gasteiger partial charge in [0.15, 0.2) is 0 Å². The summed E-state index contributed by atoms with van der Waals surface area (Å²) in [5.41, 5.74) is 0. The number of nitrogens with zero attached hydrogens (tertiary/aromatic N) is 2. The van der Waals surface area contributed by atoms with Crippen LogP contribution in [-0.4, -0.2) is 51.1 Å². The van der Waals surface area contributed by atoms with Crippen LogP contribution in [0.15, 0.2) is 0 Å². The summed E-state index contributed by atoms with van der Waals surface area (Å²) in [7, 11) is 8.35. The van der Waals surface area contributed by atoms with Crippen LogP contribution in [0.4, 0.5) is 0 Å². The van der Waals surface area contributed by atoms with Gasteiger partial charge in [-0.25, -0.2) is 0 Å². The second-order valence-corrected chi connectivity index (χ2v) is 2.61. The molecule has 58 valence electrons. The van der Waals surface area contributed by atoms with Crippen molar-refractivity contribution in [3.8, 4) is 0 Å². The van der Waals surface area contributed by atoms with Crippen LogP contribution < -0.4 is 0 Å². The third-order valence-electron chi connectivity index (χ3n) is 0.994. The van der Waals surface area contributed by atoms with Crippen molar-refractivity contribution in [2.75, 3.05) is 41.3 Å². The molecule has 0 spiro atoms. The molecule has 0 aliphatic heterocycles. The quantitative estimate of drug-likeness (QED) is 0.619. The first-order chi connectivity index (χ1) is 3.63. The zero-order valence-electron chi connectivity index (χ0n) is 6.66. The summed E-state index contributed by atoms with van der Waals surface area (Å²) in [6, 6.07) is 0. The van der Waals surface area contributed by atoms with Crippen LogP contribution in [0.2, 0.25) is 0 Å². The zero-order valence-corrected chi connectivity index (χ0v) is 8.40. The van der Waals surface area contributed by atoms with E-state index in [9.17, 15) is 0 Å². The summed E-state index contributed by atoms with van der Waals surface area (Å²) in [5.74, 6) is 0. The Morgan fingerprint density at radius 2 is 1.00 bits per heavy atom. The van der Waals surface area contributed by atoms with Gasteiger partial charge in [0.25, 0.3) is 0 Å². The summed E-state index contributed by atoms with van der Waals surface area (Å²) < 4.78 is 0. The molecule has 0 aromatic rings. The van der Waals surface area contributed by atoms with E-state index in [0.717, 1.165) is 13.1 Å². The van der Waals surface area contributed by atoms with Crippen LogP contribution >= 0.6 is 0 Å². The van der Waals surface area contributed by atoms with E-state index in [2.05, 4.69) is 38.0 Å². The summed E-state index contributed by atoms with van der Waals surface area (Å²) in [6.45, 7) is 2.29. The van der Waals surface area contributed by atoms with Gasteiger partial charge in [0.05, 0.1) is 0 Å². The average Bonchev–Trinajstić information content (AvgIpc) is 1.61. The summed E-state index contributed by atoms with van der Waals surface area (Å²) in [4.78, 5) is 4.36. The van der Waals surface area contributed by atoms with Crippen LogP contribution in [0, 0.1) is 0 Å². The Labute approximate surface area is 71.0 Å². The molecule has 0 aliphatic rings. The molecule has 0 amide bonds. The predicted octanol–water partition coefficient (Wildman–Crippen LogP) is 0.107. The Morgan fingerprint density at radius 1 is 0.778 bits per heavy atom. The van der Waals surface area contributed by atoms with Gasteiger partial charge in [-0.15, -0.1) is 0 Å². The van der Waals surface area contributed by atoms with Gasteiger partial charge in [-0.05, 0) is 28.2 Å². The summed E-state index contributed by atoms with van der Waals surface area (Å²) >= 11 is 0. The van der Waals surface area contributed by atoms with E-state index in [1.807, 2.05) is 0 Å². The molecule has 0 rings (SSSR count). The third-order valence-corrected chi connectivity index (χ3v) is 0.994. The normalized spacial score (nSPS) is 10.0. The average molecular weight is 217 g/mol. The molecule has 0 fully saturated rings. The maximum absolute atomic E-state index is 2.18. The minimum atomic E-state index is 0. The van der Waals surface area contributed by atoms with Crippen LogP contribution in [0.5, 0.6) is 0 Å². The van der Waals surface area contributed by atoms with E-state index in [4.69, 9.17) is 0 Å². The van der Waals surface area contributed by atoms with Gasteiger partial charge in [0.1, 0.15) is 0 Å². The molecule has 0 N–H and O–H groups in total. The van der Waals surface area contributed by atoms with Gasteiger partial charge in [-0.3, -0.25) is 0 Å². The Morgan fingerprint density at radius 3 is 1.11 bits per heavy atom. The molecular weight excluding hydrogens is 201 g/mol. The Bertz CT molecular complexity index is 47.0. The SMILES string of the molecule is CN(C)CCN(C)C.[Ru]. The van der Waals surface area contributed by atoms with E-state index in [0.29, 0.717) is 0 Å². The van der Waals surface area contributed by atoms with Crippen molar-refractivity contribution in [2.45, 2.75) is 0 Å². The summed E-state index contributed by atoms with van der Waals surface area (Å²) in [6.07, 6.45) is 0. The van der Waals surface area contributed by atoms with Gasteiger partial charge in [0, 0.05) is 32.6 Å². The molecule has 0 unspecified atom stereocenters. The molecule has 3 heteroatoms.